The second kappa shape index (κ2) is 5.43. The summed E-state index contributed by atoms with van der Waals surface area (Å²) in [6.45, 7) is 0.454. The number of fused-ring (bicyclic) bond motifs is 1. The number of hydrogen-bond donors (Lipinski definition) is 0. The summed E-state index contributed by atoms with van der Waals surface area (Å²) < 4.78 is 20.8. The molecule has 0 radical (unpaired) electrons. The molecule has 0 saturated carbocycles. The molecule has 0 atom stereocenters. The summed E-state index contributed by atoms with van der Waals surface area (Å²) in [5.41, 5.74) is 1.34. The lowest BCUT2D eigenvalue weighted by molar-refractivity contribution is 0.171. The van der Waals surface area contributed by atoms with Crippen LogP contribution in [0.25, 0.3) is 6.08 Å². The normalized spacial score (nSPS) is 13.3. The highest BCUT2D eigenvalue weighted by atomic mass is 16.7. The molecule has 1 aromatic rings. The highest BCUT2D eigenvalue weighted by molar-refractivity contribution is 5.65. The zero-order chi connectivity index (χ0) is 13.0. The lowest BCUT2D eigenvalue weighted by atomic mass is 10.1. The van der Waals surface area contributed by atoms with E-state index in [-0.39, 0.29) is 13.4 Å². The van der Waals surface area contributed by atoms with Crippen LogP contribution in [0.5, 0.6) is 17.2 Å². The van der Waals surface area contributed by atoms with Crippen molar-refractivity contribution < 1.29 is 18.9 Å². The van der Waals surface area contributed by atoms with Crippen LogP contribution >= 0.6 is 0 Å². The predicted octanol–water partition coefficient (Wildman–Crippen LogP) is 1.98. The van der Waals surface area contributed by atoms with Crippen LogP contribution < -0.4 is 14.2 Å². The van der Waals surface area contributed by atoms with E-state index in [2.05, 4.69) is 6.07 Å². The smallest absolute Gasteiger partial charge is 0.231 e. The van der Waals surface area contributed by atoms with Gasteiger partial charge in [-0.3, -0.25) is 0 Å². The third-order valence-electron chi connectivity index (χ3n) is 2.47. The van der Waals surface area contributed by atoms with Crippen LogP contribution in [0.1, 0.15) is 5.56 Å². The van der Waals surface area contributed by atoms with Crippen LogP contribution in [0.15, 0.2) is 17.7 Å². The number of benzene rings is 1. The van der Waals surface area contributed by atoms with Crippen LogP contribution in [0.4, 0.5) is 0 Å². The fraction of sp³-hybridized carbons (Fsp3) is 0.308. The second-order valence-electron chi connectivity index (χ2n) is 3.67. The molecule has 1 aliphatic rings. The Kier molecular flexibility index (Phi) is 3.70. The van der Waals surface area contributed by atoms with Gasteiger partial charge in [0, 0.05) is 7.11 Å². The maximum atomic E-state index is 8.95. The molecule has 0 fully saturated rings. The first-order chi connectivity index (χ1) is 8.78. The van der Waals surface area contributed by atoms with Crippen molar-refractivity contribution in [2.24, 2.45) is 0 Å². The molecule has 0 aliphatic carbocycles. The van der Waals surface area contributed by atoms with E-state index < -0.39 is 0 Å². The van der Waals surface area contributed by atoms with Crippen molar-refractivity contribution in [3.05, 3.63) is 23.3 Å². The van der Waals surface area contributed by atoms with Crippen molar-refractivity contribution in [3.63, 3.8) is 0 Å². The topological polar surface area (TPSA) is 60.7 Å². The highest BCUT2D eigenvalue weighted by Gasteiger charge is 2.19. The summed E-state index contributed by atoms with van der Waals surface area (Å²) in [7, 11) is 3.11. The molecule has 0 unspecified atom stereocenters. The molecule has 0 amide bonds. The van der Waals surface area contributed by atoms with Crippen molar-refractivity contribution in [1.29, 1.82) is 5.26 Å². The van der Waals surface area contributed by atoms with Crippen LogP contribution in [0, 0.1) is 11.3 Å². The Bertz CT molecular complexity index is 516. The molecule has 0 bridgehead atoms. The van der Waals surface area contributed by atoms with E-state index in [1.54, 1.807) is 32.4 Å². The van der Waals surface area contributed by atoms with E-state index in [1.807, 2.05) is 0 Å². The Labute approximate surface area is 105 Å². The quantitative estimate of drug-likeness (QED) is 0.761. The number of rotatable bonds is 4. The predicted molar refractivity (Wildman–Crippen MR) is 64.6 cm³/mol. The fourth-order valence-corrected chi connectivity index (χ4v) is 1.70. The van der Waals surface area contributed by atoms with E-state index in [4.69, 9.17) is 24.2 Å². The summed E-state index contributed by atoms with van der Waals surface area (Å²) in [4.78, 5) is 0. The molecule has 0 spiro atoms. The molecule has 1 aliphatic heterocycles. The number of methoxy groups -OCH3 is 2. The lowest BCUT2D eigenvalue weighted by Gasteiger charge is -2.06. The molecule has 2 rings (SSSR count). The average molecular weight is 247 g/mol. The molecule has 5 nitrogen and oxygen atoms in total. The van der Waals surface area contributed by atoms with Gasteiger partial charge in [0.15, 0.2) is 11.5 Å². The lowest BCUT2D eigenvalue weighted by Crippen LogP contribution is -1.93. The first-order valence-corrected chi connectivity index (χ1v) is 5.35. The minimum absolute atomic E-state index is 0.183. The van der Waals surface area contributed by atoms with Gasteiger partial charge in [-0.2, -0.15) is 5.26 Å². The van der Waals surface area contributed by atoms with Gasteiger partial charge in [0.05, 0.1) is 25.4 Å². The van der Waals surface area contributed by atoms with Gasteiger partial charge in [-0.05, 0) is 23.8 Å². The second-order valence-corrected chi connectivity index (χ2v) is 3.67. The molecule has 1 aromatic carbocycles. The maximum absolute atomic E-state index is 8.95. The monoisotopic (exact) mass is 247 g/mol. The first-order valence-electron chi connectivity index (χ1n) is 5.35. The minimum Gasteiger partial charge on any atom is -0.493 e. The third kappa shape index (κ3) is 2.39. The van der Waals surface area contributed by atoms with Gasteiger partial charge in [-0.25, -0.2) is 0 Å². The summed E-state index contributed by atoms with van der Waals surface area (Å²) in [5.74, 6) is 1.81. The molecule has 18 heavy (non-hydrogen) atoms. The largest absolute Gasteiger partial charge is 0.493 e. The Morgan fingerprint density at radius 2 is 2.28 bits per heavy atom. The standard InChI is InChI=1S/C13H13NO4/c1-15-7-10(6-14)3-9-4-11(16-2)13-12(5-9)17-8-18-13/h3-5H,7-8H2,1-2H3. The summed E-state index contributed by atoms with van der Waals surface area (Å²) in [6, 6.07) is 5.68. The number of nitrogens with zero attached hydrogens (tertiary/aromatic N) is 1. The van der Waals surface area contributed by atoms with Gasteiger partial charge in [-0.15, -0.1) is 0 Å². The average Bonchev–Trinajstić information content (AvgIpc) is 2.85. The van der Waals surface area contributed by atoms with Gasteiger partial charge in [0.2, 0.25) is 12.5 Å². The molecule has 94 valence electrons. The Morgan fingerprint density at radius 3 is 2.94 bits per heavy atom. The SMILES string of the molecule is COCC(C#N)=Cc1cc(OC)c2c(c1)OCO2. The van der Waals surface area contributed by atoms with Crippen molar-refractivity contribution in [3.8, 4) is 23.3 Å². The molecular weight excluding hydrogens is 234 g/mol. The van der Waals surface area contributed by atoms with Crippen molar-refractivity contribution in [2.75, 3.05) is 27.6 Å². The summed E-state index contributed by atoms with van der Waals surface area (Å²) in [6.07, 6.45) is 1.73. The van der Waals surface area contributed by atoms with E-state index in [0.717, 1.165) is 5.56 Å². The molecule has 0 aromatic heterocycles. The number of nitriles is 1. The Morgan fingerprint density at radius 1 is 1.44 bits per heavy atom. The first kappa shape index (κ1) is 12.3. The van der Waals surface area contributed by atoms with Gasteiger partial charge in [-0.1, -0.05) is 0 Å². The van der Waals surface area contributed by atoms with Crippen LogP contribution in [0.2, 0.25) is 0 Å². The Hall–Kier alpha value is -2.19. The van der Waals surface area contributed by atoms with E-state index in [1.165, 1.54) is 0 Å². The molecule has 5 heteroatoms. The van der Waals surface area contributed by atoms with Gasteiger partial charge in [0.25, 0.3) is 0 Å². The molecule has 1 heterocycles. The van der Waals surface area contributed by atoms with Crippen molar-refractivity contribution in [1.82, 2.24) is 0 Å². The summed E-state index contributed by atoms with van der Waals surface area (Å²) >= 11 is 0. The summed E-state index contributed by atoms with van der Waals surface area (Å²) in [5, 5.41) is 8.95. The zero-order valence-corrected chi connectivity index (χ0v) is 10.2. The third-order valence-corrected chi connectivity index (χ3v) is 2.47. The van der Waals surface area contributed by atoms with Crippen LogP contribution in [-0.4, -0.2) is 27.6 Å². The maximum Gasteiger partial charge on any atom is 0.231 e. The fourth-order valence-electron chi connectivity index (χ4n) is 1.70. The molecule has 0 saturated heterocycles. The molecular formula is C13H13NO4. The van der Waals surface area contributed by atoms with Gasteiger partial charge >= 0.3 is 0 Å². The van der Waals surface area contributed by atoms with E-state index in [9.17, 15) is 0 Å². The highest BCUT2D eigenvalue weighted by Crippen LogP contribution is 2.42. The van der Waals surface area contributed by atoms with Crippen molar-refractivity contribution in [2.45, 2.75) is 0 Å². The minimum atomic E-state index is 0.183. The van der Waals surface area contributed by atoms with Gasteiger partial charge in [0.1, 0.15) is 0 Å². The number of ether oxygens (including phenoxy) is 4. The van der Waals surface area contributed by atoms with Crippen LogP contribution in [-0.2, 0) is 4.74 Å². The number of hydrogen-bond acceptors (Lipinski definition) is 5. The van der Waals surface area contributed by atoms with E-state index in [0.29, 0.717) is 22.8 Å². The molecule has 0 N–H and O–H groups in total. The van der Waals surface area contributed by atoms with Crippen molar-refractivity contribution >= 4 is 6.08 Å². The zero-order valence-electron chi connectivity index (χ0n) is 10.2. The Balaban J connectivity index is 2.38. The van der Waals surface area contributed by atoms with Gasteiger partial charge < -0.3 is 18.9 Å². The van der Waals surface area contributed by atoms with E-state index >= 15 is 0 Å². The van der Waals surface area contributed by atoms with Crippen LogP contribution in [0.3, 0.4) is 0 Å².